The van der Waals surface area contributed by atoms with E-state index in [9.17, 15) is 24.5 Å². The molecule has 0 spiro atoms. The first-order valence-electron chi connectivity index (χ1n) is 6.91. The van der Waals surface area contributed by atoms with Crippen molar-refractivity contribution in [3.63, 3.8) is 0 Å². The molecule has 0 aliphatic carbocycles. The monoisotopic (exact) mass is 323 g/mol. The number of non-ortho nitro benzene ring substituents is 1. The van der Waals surface area contributed by atoms with Crippen LogP contribution in [0, 0.1) is 10.1 Å². The summed E-state index contributed by atoms with van der Waals surface area (Å²) in [6.45, 7) is 0.377. The van der Waals surface area contributed by atoms with Crippen molar-refractivity contribution in [1.82, 2.24) is 10.6 Å². The molecular weight excluding hydrogens is 306 g/mol. The standard InChI is InChI=1S/C14H17N3O6/c18-12(15-8-1-2-13(19)20)7-9-16-14(21)10-3-5-11(6-4-10)17(22)23/h3-6H,1-2,7-9H2,(H,15,18)(H,16,21)(H,19,20). The lowest BCUT2D eigenvalue weighted by Gasteiger charge is -2.06. The van der Waals surface area contributed by atoms with Crippen LogP contribution in [-0.2, 0) is 9.59 Å². The first-order chi connectivity index (χ1) is 10.9. The number of carbonyl (C=O) groups excluding carboxylic acids is 2. The Labute approximate surface area is 131 Å². The van der Waals surface area contributed by atoms with Gasteiger partial charge in [0.05, 0.1) is 4.92 Å². The van der Waals surface area contributed by atoms with E-state index in [-0.39, 0.29) is 43.1 Å². The van der Waals surface area contributed by atoms with Crippen LogP contribution in [0.5, 0.6) is 0 Å². The summed E-state index contributed by atoms with van der Waals surface area (Å²) in [6.07, 6.45) is 0.388. The molecule has 9 heteroatoms. The first-order valence-corrected chi connectivity index (χ1v) is 6.91. The summed E-state index contributed by atoms with van der Waals surface area (Å²) >= 11 is 0. The lowest BCUT2D eigenvalue weighted by Crippen LogP contribution is -2.31. The van der Waals surface area contributed by atoms with E-state index in [1.807, 2.05) is 0 Å². The van der Waals surface area contributed by atoms with E-state index in [1.54, 1.807) is 0 Å². The van der Waals surface area contributed by atoms with E-state index in [0.717, 1.165) is 0 Å². The molecule has 0 fully saturated rings. The second-order valence-corrected chi connectivity index (χ2v) is 4.66. The second kappa shape index (κ2) is 9.13. The maximum atomic E-state index is 11.8. The largest absolute Gasteiger partial charge is 0.481 e. The predicted molar refractivity (Wildman–Crippen MR) is 79.9 cm³/mol. The Morgan fingerprint density at radius 2 is 1.70 bits per heavy atom. The molecule has 3 N–H and O–H groups in total. The van der Waals surface area contributed by atoms with Crippen LogP contribution < -0.4 is 10.6 Å². The normalized spacial score (nSPS) is 9.91. The number of amides is 2. The van der Waals surface area contributed by atoms with Gasteiger partial charge in [0.2, 0.25) is 5.91 Å². The van der Waals surface area contributed by atoms with Gasteiger partial charge in [-0.2, -0.15) is 0 Å². The molecule has 0 aliphatic rings. The summed E-state index contributed by atoms with van der Waals surface area (Å²) < 4.78 is 0. The molecule has 23 heavy (non-hydrogen) atoms. The molecule has 1 aromatic rings. The van der Waals surface area contributed by atoms with Crippen LogP contribution in [0.15, 0.2) is 24.3 Å². The van der Waals surface area contributed by atoms with Gasteiger partial charge in [-0.1, -0.05) is 0 Å². The molecule has 124 valence electrons. The Bertz CT molecular complexity index is 585. The quantitative estimate of drug-likeness (QED) is 0.347. The minimum absolute atomic E-state index is 0.0167. The smallest absolute Gasteiger partial charge is 0.303 e. The summed E-state index contributed by atoms with van der Waals surface area (Å²) in [5.41, 5.74) is 0.153. The maximum absolute atomic E-state index is 11.8. The minimum atomic E-state index is -0.922. The summed E-state index contributed by atoms with van der Waals surface area (Å²) in [4.78, 5) is 43.4. The van der Waals surface area contributed by atoms with Crippen molar-refractivity contribution in [3.05, 3.63) is 39.9 Å². The number of nitrogens with zero attached hydrogens (tertiary/aromatic N) is 1. The van der Waals surface area contributed by atoms with Crippen molar-refractivity contribution >= 4 is 23.5 Å². The summed E-state index contributed by atoms with van der Waals surface area (Å²) in [5, 5.41) is 24.0. The lowest BCUT2D eigenvalue weighted by molar-refractivity contribution is -0.384. The summed E-state index contributed by atoms with van der Waals surface area (Å²) in [6, 6.07) is 5.12. The van der Waals surface area contributed by atoms with Crippen LogP contribution in [0.4, 0.5) is 5.69 Å². The van der Waals surface area contributed by atoms with Crippen LogP contribution in [0.25, 0.3) is 0 Å². The molecule has 0 aromatic heterocycles. The number of carboxylic acids is 1. The Balaban J connectivity index is 2.26. The van der Waals surface area contributed by atoms with Gasteiger partial charge in [0, 0.05) is 43.6 Å². The number of hydrogen-bond donors (Lipinski definition) is 3. The van der Waals surface area contributed by atoms with Crippen molar-refractivity contribution in [2.24, 2.45) is 0 Å². The fraction of sp³-hybridized carbons (Fsp3) is 0.357. The van der Waals surface area contributed by atoms with Crippen LogP contribution in [-0.4, -0.2) is 40.9 Å². The Morgan fingerprint density at radius 1 is 1.04 bits per heavy atom. The highest BCUT2D eigenvalue weighted by molar-refractivity contribution is 5.94. The zero-order valence-electron chi connectivity index (χ0n) is 12.3. The molecule has 0 saturated carbocycles. The molecule has 0 heterocycles. The zero-order valence-corrected chi connectivity index (χ0v) is 12.3. The van der Waals surface area contributed by atoms with E-state index < -0.39 is 16.8 Å². The van der Waals surface area contributed by atoms with E-state index in [1.165, 1.54) is 24.3 Å². The average Bonchev–Trinajstić information content (AvgIpc) is 2.51. The third-order valence-electron chi connectivity index (χ3n) is 2.87. The highest BCUT2D eigenvalue weighted by Crippen LogP contribution is 2.11. The zero-order chi connectivity index (χ0) is 17.2. The van der Waals surface area contributed by atoms with Gasteiger partial charge >= 0.3 is 5.97 Å². The molecule has 9 nitrogen and oxygen atoms in total. The Morgan fingerprint density at radius 3 is 2.26 bits per heavy atom. The van der Waals surface area contributed by atoms with Gasteiger partial charge in [0.15, 0.2) is 0 Å². The van der Waals surface area contributed by atoms with Crippen molar-refractivity contribution < 1.29 is 24.4 Å². The fourth-order valence-corrected chi connectivity index (χ4v) is 1.68. The van der Waals surface area contributed by atoms with Gasteiger partial charge in [0.1, 0.15) is 0 Å². The number of aliphatic carboxylic acids is 1. The summed E-state index contributed by atoms with van der Waals surface area (Å²) in [7, 11) is 0. The highest BCUT2D eigenvalue weighted by atomic mass is 16.6. The van der Waals surface area contributed by atoms with Gasteiger partial charge < -0.3 is 15.7 Å². The SMILES string of the molecule is O=C(O)CCCNC(=O)CCNC(=O)c1ccc([N+](=O)[O-])cc1. The van der Waals surface area contributed by atoms with Gasteiger partial charge in [-0.3, -0.25) is 24.5 Å². The topological polar surface area (TPSA) is 139 Å². The molecule has 1 aromatic carbocycles. The predicted octanol–water partition coefficient (Wildman–Crippen LogP) is 0.696. The third kappa shape index (κ3) is 7.02. The van der Waals surface area contributed by atoms with Crippen molar-refractivity contribution in [3.8, 4) is 0 Å². The molecule has 1 rings (SSSR count). The number of nitro benzene ring substituents is 1. The molecule has 0 unspecified atom stereocenters. The van der Waals surface area contributed by atoms with Crippen LogP contribution >= 0.6 is 0 Å². The number of rotatable bonds is 9. The van der Waals surface area contributed by atoms with Gasteiger partial charge in [-0.15, -0.1) is 0 Å². The number of nitro groups is 1. The second-order valence-electron chi connectivity index (χ2n) is 4.66. The number of hydrogen-bond acceptors (Lipinski definition) is 5. The van der Waals surface area contributed by atoms with Crippen molar-refractivity contribution in [2.75, 3.05) is 13.1 Å². The molecular formula is C14H17N3O6. The van der Waals surface area contributed by atoms with E-state index >= 15 is 0 Å². The fourth-order valence-electron chi connectivity index (χ4n) is 1.68. The minimum Gasteiger partial charge on any atom is -0.481 e. The summed E-state index contributed by atoms with van der Waals surface area (Å²) in [5.74, 6) is -1.65. The number of carboxylic acid groups (broad SMARTS) is 1. The molecule has 0 radical (unpaired) electrons. The van der Waals surface area contributed by atoms with Gasteiger partial charge in [0.25, 0.3) is 11.6 Å². The molecule has 0 aliphatic heterocycles. The number of nitrogens with one attached hydrogen (secondary N) is 2. The molecule has 0 saturated heterocycles. The Kier molecular flexibility index (Phi) is 7.18. The molecule has 2 amide bonds. The van der Waals surface area contributed by atoms with E-state index in [2.05, 4.69) is 10.6 Å². The van der Waals surface area contributed by atoms with Gasteiger partial charge in [-0.25, -0.2) is 0 Å². The molecule has 0 atom stereocenters. The van der Waals surface area contributed by atoms with Gasteiger partial charge in [-0.05, 0) is 18.6 Å². The van der Waals surface area contributed by atoms with E-state index in [4.69, 9.17) is 5.11 Å². The first kappa shape index (κ1) is 18.1. The lowest BCUT2D eigenvalue weighted by atomic mass is 10.2. The number of carbonyl (C=O) groups is 3. The number of benzene rings is 1. The van der Waals surface area contributed by atoms with Crippen LogP contribution in [0.2, 0.25) is 0 Å². The molecule has 0 bridgehead atoms. The van der Waals surface area contributed by atoms with Crippen molar-refractivity contribution in [1.29, 1.82) is 0 Å². The highest BCUT2D eigenvalue weighted by Gasteiger charge is 2.09. The van der Waals surface area contributed by atoms with E-state index in [0.29, 0.717) is 6.42 Å². The van der Waals surface area contributed by atoms with Crippen LogP contribution in [0.1, 0.15) is 29.6 Å². The average molecular weight is 323 g/mol. The maximum Gasteiger partial charge on any atom is 0.303 e. The Hall–Kier alpha value is -2.97. The van der Waals surface area contributed by atoms with Crippen molar-refractivity contribution in [2.45, 2.75) is 19.3 Å². The van der Waals surface area contributed by atoms with Crippen LogP contribution in [0.3, 0.4) is 0 Å². The third-order valence-corrected chi connectivity index (χ3v) is 2.87.